The van der Waals surface area contributed by atoms with Crippen molar-refractivity contribution in [3.63, 3.8) is 0 Å². The van der Waals surface area contributed by atoms with Gasteiger partial charge >= 0.3 is 0 Å². The number of ether oxygens (including phenoxy) is 4. The molecule has 13 nitrogen and oxygen atoms in total. The third-order valence-corrected chi connectivity index (χ3v) is 10.6. The summed E-state index contributed by atoms with van der Waals surface area (Å²) >= 11 is 0. The van der Waals surface area contributed by atoms with E-state index in [0.717, 1.165) is 54.6 Å². The van der Waals surface area contributed by atoms with E-state index in [9.17, 15) is 19.7 Å². The number of fused-ring (bicyclic) bond motifs is 1. The highest BCUT2D eigenvalue weighted by Crippen LogP contribution is 2.39. The van der Waals surface area contributed by atoms with Crippen LogP contribution in [0.1, 0.15) is 58.3 Å². The lowest BCUT2D eigenvalue weighted by molar-refractivity contribution is -0.385. The Morgan fingerprint density at radius 2 is 1.68 bits per heavy atom. The molecule has 0 fully saturated rings. The third kappa shape index (κ3) is 8.18. The second kappa shape index (κ2) is 17.0. The predicted molar refractivity (Wildman–Crippen MR) is 218 cm³/mol. The van der Waals surface area contributed by atoms with Crippen LogP contribution in [0.25, 0.3) is 0 Å². The monoisotopic (exact) mass is 771 g/mol. The van der Waals surface area contributed by atoms with Crippen molar-refractivity contribution in [2.45, 2.75) is 58.3 Å². The Bertz CT molecular complexity index is 2300. The molecule has 2 heterocycles. The van der Waals surface area contributed by atoms with Gasteiger partial charge in [0.2, 0.25) is 6.41 Å². The SMILES string of the molecule is CNc1cc(OCc2cc(COc3cc(/N=C/C[C@@H]4CC5=C(C=CCC5)N4C=O)c(C)cc3OC)cc([N+](=O)[O-])c2)c(OC)cc1C(=O)N1CCc2ccccc21. The minimum absolute atomic E-state index is 0.00201. The van der Waals surface area contributed by atoms with E-state index in [2.05, 4.69) is 11.4 Å². The van der Waals surface area contributed by atoms with Crippen molar-refractivity contribution in [1.82, 2.24) is 4.90 Å². The number of aliphatic imine (C=N–C) groups is 1. The van der Waals surface area contributed by atoms with E-state index in [-0.39, 0.29) is 30.9 Å². The van der Waals surface area contributed by atoms with Gasteiger partial charge in [-0.3, -0.25) is 24.7 Å². The number of nitrogens with zero attached hydrogens (tertiary/aromatic N) is 4. The van der Waals surface area contributed by atoms with E-state index in [1.165, 1.54) is 24.8 Å². The number of aryl methyl sites for hydroxylation is 1. The maximum atomic E-state index is 13.8. The lowest BCUT2D eigenvalue weighted by Gasteiger charge is -2.21. The molecule has 13 heteroatoms. The lowest BCUT2D eigenvalue weighted by Crippen LogP contribution is -2.29. The van der Waals surface area contributed by atoms with Crippen molar-refractivity contribution in [3.05, 3.63) is 128 Å². The van der Waals surface area contributed by atoms with E-state index in [1.54, 1.807) is 48.2 Å². The van der Waals surface area contributed by atoms with Crippen LogP contribution in [0.3, 0.4) is 0 Å². The average Bonchev–Trinajstić information content (AvgIpc) is 3.83. The summed E-state index contributed by atoms with van der Waals surface area (Å²) in [6.45, 7) is 2.48. The molecular formula is C44H45N5O8. The summed E-state index contributed by atoms with van der Waals surface area (Å²) < 4.78 is 23.7. The molecule has 4 aromatic carbocycles. The molecular weight excluding hydrogens is 727 g/mol. The second-order valence-corrected chi connectivity index (χ2v) is 14.1. The van der Waals surface area contributed by atoms with Gasteiger partial charge in [-0.1, -0.05) is 24.3 Å². The molecule has 0 bridgehead atoms. The molecule has 2 aliphatic heterocycles. The number of allylic oxidation sites excluding steroid dienone is 2. The number of nitro benzene ring substituents is 1. The summed E-state index contributed by atoms with van der Waals surface area (Å²) in [7, 11) is 4.77. The van der Waals surface area contributed by atoms with Gasteiger partial charge in [0.1, 0.15) is 13.2 Å². The zero-order valence-electron chi connectivity index (χ0n) is 32.4. The Hall–Kier alpha value is -6.63. The van der Waals surface area contributed by atoms with E-state index < -0.39 is 4.92 Å². The summed E-state index contributed by atoms with van der Waals surface area (Å²) in [4.78, 5) is 45.5. The Morgan fingerprint density at radius 3 is 2.39 bits per heavy atom. The van der Waals surface area contributed by atoms with Gasteiger partial charge in [-0.15, -0.1) is 0 Å². The third-order valence-electron chi connectivity index (χ3n) is 10.6. The molecule has 0 saturated carbocycles. The van der Waals surface area contributed by atoms with Crippen LogP contribution in [0.2, 0.25) is 0 Å². The van der Waals surface area contributed by atoms with E-state index in [1.807, 2.05) is 49.5 Å². The van der Waals surface area contributed by atoms with E-state index in [0.29, 0.717) is 64.0 Å². The molecule has 7 rings (SSSR count). The molecule has 0 saturated heterocycles. The molecule has 1 N–H and O–H groups in total. The zero-order chi connectivity index (χ0) is 40.1. The Balaban J connectivity index is 1.05. The number of non-ortho nitro benzene ring substituents is 1. The number of methoxy groups -OCH3 is 2. The highest BCUT2D eigenvalue weighted by atomic mass is 16.6. The Labute approximate surface area is 331 Å². The normalized spacial score (nSPS) is 15.8. The van der Waals surface area contributed by atoms with Crippen LogP contribution in [-0.4, -0.2) is 62.2 Å². The zero-order valence-corrected chi connectivity index (χ0v) is 32.4. The lowest BCUT2D eigenvalue weighted by atomic mass is 10.00. The minimum Gasteiger partial charge on any atom is -0.493 e. The van der Waals surface area contributed by atoms with Crippen molar-refractivity contribution in [2.24, 2.45) is 4.99 Å². The fourth-order valence-electron chi connectivity index (χ4n) is 7.68. The summed E-state index contributed by atoms with van der Waals surface area (Å²) in [6, 6.07) is 19.6. The molecule has 1 atom stereocenters. The largest absolute Gasteiger partial charge is 0.493 e. The molecule has 294 valence electrons. The van der Waals surface area contributed by atoms with E-state index >= 15 is 0 Å². The van der Waals surface area contributed by atoms with Gasteiger partial charge in [-0.25, -0.2) is 0 Å². The molecule has 4 aromatic rings. The number of anilines is 2. The standard InChI is InChI=1S/C44H45N5O8/c1-28-17-40(54-3)42(23-36(28)46-15-13-33-21-32-10-6-8-12-39(32)48(33)27-50)56-25-29-18-30(20-34(19-29)49(52)53)26-57-43-24-37(45-2)35(22-41(43)55-4)44(51)47-16-14-31-9-5-7-11-38(31)47/h5,7-9,11-12,15,17-20,22-24,27,33,45H,6,10,13-14,16,21,25-26H2,1-4H3/b46-15+/t33-/m1/s1. The molecule has 2 amide bonds. The number of benzene rings is 4. The van der Waals surface area contributed by atoms with Crippen LogP contribution in [-0.2, 0) is 24.4 Å². The molecule has 57 heavy (non-hydrogen) atoms. The van der Waals surface area contributed by atoms with Crippen LogP contribution >= 0.6 is 0 Å². The quantitative estimate of drug-likeness (QED) is 0.0547. The average molecular weight is 772 g/mol. The van der Waals surface area contributed by atoms with Crippen LogP contribution in [0, 0.1) is 17.0 Å². The Kier molecular flexibility index (Phi) is 11.5. The highest BCUT2D eigenvalue weighted by molar-refractivity contribution is 6.11. The van der Waals surface area contributed by atoms with Gasteiger partial charge in [-0.2, -0.15) is 0 Å². The first-order valence-electron chi connectivity index (χ1n) is 18.9. The molecule has 0 unspecified atom stereocenters. The summed E-state index contributed by atoms with van der Waals surface area (Å²) in [5.74, 6) is 1.47. The van der Waals surface area contributed by atoms with Crippen molar-refractivity contribution in [1.29, 1.82) is 0 Å². The van der Waals surface area contributed by atoms with Gasteiger partial charge in [0.05, 0.1) is 36.1 Å². The molecule has 0 spiro atoms. The molecule has 0 radical (unpaired) electrons. The number of amides is 2. The van der Waals surface area contributed by atoms with Crippen LogP contribution in [0.5, 0.6) is 23.0 Å². The van der Waals surface area contributed by atoms with Crippen molar-refractivity contribution < 1.29 is 33.5 Å². The number of nitro groups is 1. The number of hydrogen-bond acceptors (Lipinski definition) is 10. The van der Waals surface area contributed by atoms with Gasteiger partial charge in [-0.05, 0) is 90.8 Å². The highest BCUT2D eigenvalue weighted by Gasteiger charge is 2.31. The van der Waals surface area contributed by atoms with Crippen molar-refractivity contribution in [2.75, 3.05) is 38.0 Å². The smallest absolute Gasteiger partial charge is 0.270 e. The number of rotatable bonds is 15. The van der Waals surface area contributed by atoms with Crippen molar-refractivity contribution >= 4 is 41.3 Å². The maximum Gasteiger partial charge on any atom is 0.270 e. The fraction of sp³-hybridized carbons (Fsp3) is 0.295. The van der Waals surface area contributed by atoms with Gasteiger partial charge in [0, 0.05) is 67.9 Å². The van der Waals surface area contributed by atoms with Gasteiger partial charge in [0.15, 0.2) is 23.0 Å². The maximum absolute atomic E-state index is 13.8. The molecule has 3 aliphatic rings. The van der Waals surface area contributed by atoms with Crippen molar-refractivity contribution in [3.8, 4) is 23.0 Å². The van der Waals surface area contributed by atoms with Crippen LogP contribution in [0.4, 0.5) is 22.7 Å². The summed E-state index contributed by atoms with van der Waals surface area (Å²) in [5, 5.41) is 15.1. The fourth-order valence-corrected chi connectivity index (χ4v) is 7.68. The predicted octanol–water partition coefficient (Wildman–Crippen LogP) is 8.25. The summed E-state index contributed by atoms with van der Waals surface area (Å²) in [6.07, 6.45) is 11.1. The number of nitrogens with one attached hydrogen (secondary N) is 1. The molecule has 0 aromatic heterocycles. The van der Waals surface area contributed by atoms with Gasteiger partial charge < -0.3 is 34.1 Å². The number of para-hydroxylation sites is 1. The summed E-state index contributed by atoms with van der Waals surface area (Å²) in [5.41, 5.74) is 7.84. The van der Waals surface area contributed by atoms with E-state index in [4.69, 9.17) is 23.9 Å². The Morgan fingerprint density at radius 1 is 0.965 bits per heavy atom. The topological polar surface area (TPSA) is 145 Å². The first-order chi connectivity index (χ1) is 27.7. The second-order valence-electron chi connectivity index (χ2n) is 14.1. The van der Waals surface area contributed by atoms with Gasteiger partial charge in [0.25, 0.3) is 11.6 Å². The number of hydrogen-bond donors (Lipinski definition) is 1. The van der Waals surface area contributed by atoms with Crippen LogP contribution in [0.15, 0.2) is 95.1 Å². The first-order valence-corrected chi connectivity index (χ1v) is 18.9. The molecule has 1 aliphatic carbocycles. The minimum atomic E-state index is -0.457. The number of carbonyl (C=O) groups is 2. The first kappa shape index (κ1) is 38.6. The van der Waals surface area contributed by atoms with Crippen LogP contribution < -0.4 is 29.2 Å². The number of carbonyl (C=O) groups excluding carboxylic acids is 2.